The summed E-state index contributed by atoms with van der Waals surface area (Å²) in [7, 11) is 3.20. The first kappa shape index (κ1) is 19.7. The van der Waals surface area contributed by atoms with E-state index in [2.05, 4.69) is 31.6 Å². The van der Waals surface area contributed by atoms with Crippen LogP contribution in [0.15, 0.2) is 46.9 Å². The van der Waals surface area contributed by atoms with E-state index in [1.165, 1.54) is 4.68 Å². The summed E-state index contributed by atoms with van der Waals surface area (Å²) in [6.45, 7) is 0.668. The van der Waals surface area contributed by atoms with Gasteiger partial charge in [-0.1, -0.05) is 33.3 Å². The molecule has 0 spiro atoms. The zero-order valence-electron chi connectivity index (χ0n) is 15.5. The van der Waals surface area contributed by atoms with Gasteiger partial charge in [-0.15, -0.1) is 5.10 Å². The number of halogens is 1. The van der Waals surface area contributed by atoms with E-state index in [-0.39, 0.29) is 17.4 Å². The molecule has 0 radical (unpaired) electrons. The molecule has 3 rings (SSSR count). The lowest BCUT2D eigenvalue weighted by molar-refractivity contribution is 0.0946. The minimum atomic E-state index is -0.388. The molecule has 9 heteroatoms. The molecule has 0 fully saturated rings. The highest BCUT2D eigenvalue weighted by Crippen LogP contribution is 2.24. The summed E-state index contributed by atoms with van der Waals surface area (Å²) in [6, 6.07) is 13.0. The lowest BCUT2D eigenvalue weighted by atomic mass is 10.2. The molecule has 0 saturated carbocycles. The van der Waals surface area contributed by atoms with Crippen LogP contribution in [0.5, 0.6) is 11.5 Å². The number of nitrogen functional groups attached to an aromatic ring is 1. The summed E-state index contributed by atoms with van der Waals surface area (Å²) in [4.78, 5) is 12.4. The second-order valence-electron chi connectivity index (χ2n) is 5.97. The summed E-state index contributed by atoms with van der Waals surface area (Å²) in [5.74, 6) is 1.25. The number of hydrogen-bond donors (Lipinski definition) is 2. The van der Waals surface area contributed by atoms with Crippen molar-refractivity contribution >= 4 is 27.7 Å². The maximum absolute atomic E-state index is 12.4. The Morgan fingerprint density at radius 2 is 1.93 bits per heavy atom. The number of rotatable bonds is 7. The van der Waals surface area contributed by atoms with Crippen LogP contribution in [0.4, 0.5) is 5.82 Å². The van der Waals surface area contributed by atoms with Crippen LogP contribution in [0.1, 0.15) is 21.6 Å². The summed E-state index contributed by atoms with van der Waals surface area (Å²) in [5, 5.41) is 10.7. The summed E-state index contributed by atoms with van der Waals surface area (Å²) < 4.78 is 12.8. The van der Waals surface area contributed by atoms with E-state index in [1.54, 1.807) is 14.2 Å². The molecule has 0 saturated heterocycles. The summed E-state index contributed by atoms with van der Waals surface area (Å²) >= 11 is 3.43. The van der Waals surface area contributed by atoms with Gasteiger partial charge in [-0.25, -0.2) is 4.68 Å². The van der Waals surface area contributed by atoms with Crippen LogP contribution in [0.2, 0.25) is 0 Å². The number of carbonyl (C=O) groups is 1. The number of nitrogens with zero attached hydrogens (tertiary/aromatic N) is 3. The molecule has 3 aromatic rings. The third-order valence-corrected chi connectivity index (χ3v) is 4.66. The van der Waals surface area contributed by atoms with Crippen LogP contribution < -0.4 is 20.5 Å². The number of amides is 1. The van der Waals surface area contributed by atoms with E-state index in [9.17, 15) is 4.79 Å². The fraction of sp³-hybridized carbons (Fsp3) is 0.211. The highest BCUT2D eigenvalue weighted by Gasteiger charge is 2.18. The highest BCUT2D eigenvalue weighted by molar-refractivity contribution is 9.10. The highest BCUT2D eigenvalue weighted by atomic mass is 79.9. The predicted octanol–water partition coefficient (Wildman–Crippen LogP) is 2.62. The van der Waals surface area contributed by atoms with Gasteiger partial charge in [-0.3, -0.25) is 4.79 Å². The minimum absolute atomic E-state index is 0.0856. The van der Waals surface area contributed by atoms with Crippen LogP contribution in [-0.4, -0.2) is 35.1 Å². The van der Waals surface area contributed by atoms with Gasteiger partial charge in [0, 0.05) is 16.6 Å². The standard InChI is InChI=1S/C19H20BrN5O3/c1-27-15-6-3-12(4-7-15)10-22-19(26)17-18(21)25(24-23-17)11-13-9-14(20)5-8-16(13)28-2/h3-9H,10-11,21H2,1-2H3,(H,22,26). The number of benzene rings is 2. The first-order valence-electron chi connectivity index (χ1n) is 8.44. The maximum Gasteiger partial charge on any atom is 0.275 e. The van der Waals surface area contributed by atoms with E-state index < -0.39 is 0 Å². The van der Waals surface area contributed by atoms with Gasteiger partial charge in [0.2, 0.25) is 0 Å². The number of ether oxygens (including phenoxy) is 2. The number of hydrogen-bond acceptors (Lipinski definition) is 6. The number of nitrogens with one attached hydrogen (secondary N) is 1. The average Bonchev–Trinajstić information content (AvgIpc) is 3.07. The maximum atomic E-state index is 12.4. The van der Waals surface area contributed by atoms with Gasteiger partial charge in [-0.2, -0.15) is 0 Å². The molecule has 0 unspecified atom stereocenters. The molecule has 3 N–H and O–H groups in total. The number of methoxy groups -OCH3 is 2. The van der Waals surface area contributed by atoms with Crippen molar-refractivity contribution in [2.75, 3.05) is 20.0 Å². The van der Waals surface area contributed by atoms with Crippen molar-refractivity contribution in [1.82, 2.24) is 20.3 Å². The first-order chi connectivity index (χ1) is 13.5. The number of aromatic nitrogens is 3. The Bertz CT molecular complexity index is 972. The Kier molecular flexibility index (Phi) is 6.15. The quantitative estimate of drug-likeness (QED) is 0.578. The van der Waals surface area contributed by atoms with Gasteiger partial charge < -0.3 is 20.5 Å². The van der Waals surface area contributed by atoms with Crippen molar-refractivity contribution < 1.29 is 14.3 Å². The van der Waals surface area contributed by atoms with Crippen molar-refractivity contribution in [1.29, 1.82) is 0 Å². The number of carbonyl (C=O) groups excluding carboxylic acids is 1. The fourth-order valence-electron chi connectivity index (χ4n) is 2.64. The van der Waals surface area contributed by atoms with Crippen molar-refractivity contribution in [2.24, 2.45) is 0 Å². The zero-order chi connectivity index (χ0) is 20.1. The lowest BCUT2D eigenvalue weighted by Gasteiger charge is -2.10. The number of nitrogens with two attached hydrogens (primary N) is 1. The van der Waals surface area contributed by atoms with Crippen molar-refractivity contribution in [3.63, 3.8) is 0 Å². The summed E-state index contributed by atoms with van der Waals surface area (Å²) in [5.41, 5.74) is 7.97. The van der Waals surface area contributed by atoms with Crippen LogP contribution in [0.3, 0.4) is 0 Å². The topological polar surface area (TPSA) is 104 Å². The van der Waals surface area contributed by atoms with Gasteiger partial charge in [-0.05, 0) is 35.9 Å². The second kappa shape index (κ2) is 8.75. The average molecular weight is 446 g/mol. The minimum Gasteiger partial charge on any atom is -0.497 e. The molecule has 1 heterocycles. The van der Waals surface area contributed by atoms with Gasteiger partial charge in [0.25, 0.3) is 5.91 Å². The van der Waals surface area contributed by atoms with Crippen LogP contribution in [0, 0.1) is 0 Å². The van der Waals surface area contributed by atoms with Gasteiger partial charge in [0.15, 0.2) is 11.5 Å². The zero-order valence-corrected chi connectivity index (χ0v) is 17.1. The van der Waals surface area contributed by atoms with Crippen LogP contribution in [0.25, 0.3) is 0 Å². The Morgan fingerprint density at radius 3 is 2.61 bits per heavy atom. The van der Waals surface area contributed by atoms with E-state index in [0.717, 1.165) is 21.3 Å². The van der Waals surface area contributed by atoms with Crippen molar-refractivity contribution in [2.45, 2.75) is 13.1 Å². The van der Waals surface area contributed by atoms with Crippen molar-refractivity contribution in [3.8, 4) is 11.5 Å². The van der Waals surface area contributed by atoms with Gasteiger partial charge >= 0.3 is 0 Å². The molecule has 0 aliphatic rings. The smallest absolute Gasteiger partial charge is 0.275 e. The molecule has 0 aliphatic heterocycles. The van der Waals surface area contributed by atoms with E-state index in [4.69, 9.17) is 15.2 Å². The van der Waals surface area contributed by atoms with E-state index >= 15 is 0 Å². The predicted molar refractivity (Wildman–Crippen MR) is 108 cm³/mol. The molecule has 1 amide bonds. The largest absolute Gasteiger partial charge is 0.497 e. The molecule has 1 aromatic heterocycles. The SMILES string of the molecule is COc1ccc(CNC(=O)c2nnn(Cc3cc(Br)ccc3OC)c2N)cc1. The monoisotopic (exact) mass is 445 g/mol. The van der Waals surface area contributed by atoms with Crippen molar-refractivity contribution in [3.05, 3.63) is 63.8 Å². The van der Waals surface area contributed by atoms with Gasteiger partial charge in [0.05, 0.1) is 20.8 Å². The molecular weight excluding hydrogens is 426 g/mol. The van der Waals surface area contributed by atoms with E-state index in [1.807, 2.05) is 42.5 Å². The number of anilines is 1. The third-order valence-electron chi connectivity index (χ3n) is 4.16. The molecule has 2 aromatic carbocycles. The summed E-state index contributed by atoms with van der Waals surface area (Å²) in [6.07, 6.45) is 0. The third kappa shape index (κ3) is 4.42. The molecule has 28 heavy (non-hydrogen) atoms. The lowest BCUT2D eigenvalue weighted by Crippen LogP contribution is -2.24. The van der Waals surface area contributed by atoms with Crippen LogP contribution in [-0.2, 0) is 13.1 Å². The molecule has 0 aliphatic carbocycles. The normalized spacial score (nSPS) is 10.5. The van der Waals surface area contributed by atoms with Crippen LogP contribution >= 0.6 is 15.9 Å². The fourth-order valence-corrected chi connectivity index (χ4v) is 3.05. The first-order valence-corrected chi connectivity index (χ1v) is 9.23. The molecular formula is C19H20BrN5O3. The Hall–Kier alpha value is -3.07. The Labute approximate surface area is 170 Å². The van der Waals surface area contributed by atoms with E-state index in [0.29, 0.717) is 18.8 Å². The molecule has 8 nitrogen and oxygen atoms in total. The molecule has 0 bridgehead atoms. The molecule has 146 valence electrons. The second-order valence-corrected chi connectivity index (χ2v) is 6.88. The van der Waals surface area contributed by atoms with Gasteiger partial charge in [0.1, 0.15) is 11.5 Å². The Balaban J connectivity index is 1.69. The Morgan fingerprint density at radius 1 is 1.18 bits per heavy atom. The molecule has 0 atom stereocenters.